The van der Waals surface area contributed by atoms with E-state index in [2.05, 4.69) is 34.3 Å². The van der Waals surface area contributed by atoms with Gasteiger partial charge in [-0.1, -0.05) is 49.0 Å². The Morgan fingerprint density at radius 1 is 1.26 bits per heavy atom. The summed E-state index contributed by atoms with van der Waals surface area (Å²) in [6.07, 6.45) is 1.53. The summed E-state index contributed by atoms with van der Waals surface area (Å²) < 4.78 is 0. The van der Waals surface area contributed by atoms with Crippen LogP contribution in [0.15, 0.2) is 52.5 Å². The molecule has 2 N–H and O–H groups in total. The summed E-state index contributed by atoms with van der Waals surface area (Å²) in [5.41, 5.74) is 1.11. The first kappa shape index (κ1) is 13.8. The Labute approximate surface area is 116 Å². The Morgan fingerprint density at radius 3 is 2.63 bits per heavy atom. The number of hydrogen-bond donors (Lipinski definition) is 2. The van der Waals surface area contributed by atoms with Gasteiger partial charge in [0, 0.05) is 23.6 Å². The van der Waals surface area contributed by atoms with Crippen LogP contribution in [-0.4, -0.2) is 22.3 Å². The monoisotopic (exact) mass is 275 g/mol. The van der Waals surface area contributed by atoms with Crippen molar-refractivity contribution < 1.29 is 0 Å². The van der Waals surface area contributed by atoms with Crippen molar-refractivity contribution in [2.75, 3.05) is 7.05 Å². The second-order valence-corrected chi connectivity index (χ2v) is 5.61. The van der Waals surface area contributed by atoms with Crippen LogP contribution in [-0.2, 0) is 0 Å². The van der Waals surface area contributed by atoms with Gasteiger partial charge in [-0.3, -0.25) is 4.79 Å². The van der Waals surface area contributed by atoms with Crippen LogP contribution in [0, 0.1) is 0 Å². The van der Waals surface area contributed by atoms with Gasteiger partial charge in [-0.25, -0.2) is 4.98 Å². The highest BCUT2D eigenvalue weighted by Gasteiger charge is 2.19. The lowest BCUT2D eigenvalue weighted by molar-refractivity contribution is 0.588. The first-order valence-corrected chi connectivity index (χ1v) is 7.03. The number of thioether (sulfide) groups is 1. The molecule has 0 amide bonds. The van der Waals surface area contributed by atoms with E-state index < -0.39 is 0 Å². The van der Waals surface area contributed by atoms with Gasteiger partial charge in [0.1, 0.15) is 0 Å². The van der Waals surface area contributed by atoms with Gasteiger partial charge in [-0.15, -0.1) is 0 Å². The average Bonchev–Trinajstić information content (AvgIpc) is 2.41. The first-order valence-electron chi connectivity index (χ1n) is 6.15. The van der Waals surface area contributed by atoms with Gasteiger partial charge in [0.2, 0.25) is 0 Å². The summed E-state index contributed by atoms with van der Waals surface area (Å²) in [5.74, 6) is 0. The quantitative estimate of drug-likeness (QED) is 0.649. The average molecular weight is 275 g/mol. The predicted octanol–water partition coefficient (Wildman–Crippen LogP) is 2.21. The van der Waals surface area contributed by atoms with Crippen LogP contribution in [0.1, 0.15) is 18.5 Å². The minimum Gasteiger partial charge on any atom is -0.312 e. The molecule has 0 bridgehead atoms. The second kappa shape index (κ2) is 6.54. The van der Waals surface area contributed by atoms with Gasteiger partial charge in [0.15, 0.2) is 5.16 Å². The largest absolute Gasteiger partial charge is 0.312 e. The lowest BCUT2D eigenvalue weighted by Crippen LogP contribution is -2.25. The Balaban J connectivity index is 2.13. The van der Waals surface area contributed by atoms with E-state index in [1.807, 2.05) is 25.2 Å². The summed E-state index contributed by atoms with van der Waals surface area (Å²) in [6.45, 7) is 2.12. The molecule has 1 aromatic heterocycles. The predicted molar refractivity (Wildman–Crippen MR) is 78.4 cm³/mol. The van der Waals surface area contributed by atoms with Crippen LogP contribution in [0.5, 0.6) is 0 Å². The Hall–Kier alpha value is -1.59. The summed E-state index contributed by atoms with van der Waals surface area (Å²) in [4.78, 5) is 18.2. The molecule has 0 saturated carbocycles. The van der Waals surface area contributed by atoms with Gasteiger partial charge in [-0.2, -0.15) is 0 Å². The Bertz CT molecular complexity index is 570. The minimum atomic E-state index is -0.120. The van der Waals surface area contributed by atoms with Crippen molar-refractivity contribution in [3.05, 3.63) is 58.5 Å². The number of benzene rings is 1. The third kappa shape index (κ3) is 3.68. The highest BCUT2D eigenvalue weighted by Crippen LogP contribution is 2.29. The van der Waals surface area contributed by atoms with Crippen LogP contribution in [0.4, 0.5) is 0 Å². The Morgan fingerprint density at radius 2 is 2.00 bits per heavy atom. The van der Waals surface area contributed by atoms with Gasteiger partial charge in [0.05, 0.1) is 0 Å². The number of aromatic amines is 1. The zero-order valence-corrected chi connectivity index (χ0v) is 11.8. The molecule has 0 saturated heterocycles. The third-order valence-corrected chi connectivity index (χ3v) is 3.96. The maximum Gasteiger partial charge on any atom is 0.251 e. The third-order valence-electron chi connectivity index (χ3n) is 2.88. The van der Waals surface area contributed by atoms with Gasteiger partial charge in [-0.05, 0) is 12.6 Å². The van der Waals surface area contributed by atoms with Crippen LogP contribution in [0.3, 0.4) is 0 Å². The summed E-state index contributed by atoms with van der Waals surface area (Å²) in [6, 6.07) is 11.9. The molecule has 2 atom stereocenters. The van der Waals surface area contributed by atoms with Crippen LogP contribution < -0.4 is 10.9 Å². The second-order valence-electron chi connectivity index (χ2n) is 4.24. The van der Waals surface area contributed by atoms with E-state index >= 15 is 0 Å². The molecular weight excluding hydrogens is 258 g/mol. The molecule has 0 radical (unpaired) electrons. The minimum absolute atomic E-state index is 0.120. The highest BCUT2D eigenvalue weighted by atomic mass is 32.2. The van der Waals surface area contributed by atoms with Gasteiger partial charge >= 0.3 is 0 Å². The fourth-order valence-corrected chi connectivity index (χ4v) is 3.05. The maximum absolute atomic E-state index is 11.3. The fraction of sp³-hybridized carbons (Fsp3) is 0.286. The smallest absolute Gasteiger partial charge is 0.251 e. The molecule has 1 heterocycles. The molecule has 2 unspecified atom stereocenters. The summed E-state index contributed by atoms with van der Waals surface area (Å²) in [5, 5.41) is 4.21. The Kier molecular flexibility index (Phi) is 4.76. The molecule has 0 fully saturated rings. The summed E-state index contributed by atoms with van der Waals surface area (Å²) >= 11 is 1.56. The number of rotatable bonds is 5. The van der Waals surface area contributed by atoms with E-state index in [0.29, 0.717) is 5.16 Å². The van der Waals surface area contributed by atoms with Crippen molar-refractivity contribution in [2.24, 2.45) is 0 Å². The van der Waals surface area contributed by atoms with E-state index in [0.717, 1.165) is 0 Å². The molecular formula is C14H17N3OS. The van der Waals surface area contributed by atoms with Gasteiger partial charge < -0.3 is 10.3 Å². The maximum atomic E-state index is 11.3. The molecule has 4 nitrogen and oxygen atoms in total. The van der Waals surface area contributed by atoms with Crippen molar-refractivity contribution in [2.45, 2.75) is 23.4 Å². The lowest BCUT2D eigenvalue weighted by Gasteiger charge is -2.23. The molecule has 0 aliphatic rings. The molecule has 1 aromatic carbocycles. The number of nitrogens with zero attached hydrogens (tertiary/aromatic N) is 1. The van der Waals surface area contributed by atoms with Crippen LogP contribution in [0.25, 0.3) is 0 Å². The number of nitrogens with one attached hydrogen (secondary N) is 2. The van der Waals surface area contributed by atoms with Crippen molar-refractivity contribution in [1.29, 1.82) is 0 Å². The van der Waals surface area contributed by atoms with Crippen molar-refractivity contribution >= 4 is 11.8 Å². The van der Waals surface area contributed by atoms with Crippen LogP contribution >= 0.6 is 11.8 Å². The first-order chi connectivity index (χ1) is 9.20. The molecule has 0 aliphatic heterocycles. The molecule has 2 rings (SSSR count). The fourth-order valence-electron chi connectivity index (χ4n) is 1.99. The van der Waals surface area contributed by atoms with Gasteiger partial charge in [0.25, 0.3) is 5.56 Å². The van der Waals surface area contributed by atoms with E-state index in [9.17, 15) is 4.79 Å². The van der Waals surface area contributed by atoms with E-state index in [1.54, 1.807) is 11.8 Å². The molecule has 0 aliphatic carbocycles. The highest BCUT2D eigenvalue weighted by molar-refractivity contribution is 7.99. The van der Waals surface area contributed by atoms with E-state index in [1.165, 1.54) is 17.8 Å². The summed E-state index contributed by atoms with van der Waals surface area (Å²) in [7, 11) is 1.94. The number of aromatic nitrogens is 2. The molecule has 19 heavy (non-hydrogen) atoms. The lowest BCUT2D eigenvalue weighted by atomic mass is 10.0. The van der Waals surface area contributed by atoms with E-state index in [-0.39, 0.29) is 16.9 Å². The molecule has 0 spiro atoms. The topological polar surface area (TPSA) is 57.8 Å². The zero-order valence-electron chi connectivity index (χ0n) is 11.0. The zero-order chi connectivity index (χ0) is 13.7. The van der Waals surface area contributed by atoms with Crippen molar-refractivity contribution in [1.82, 2.24) is 15.3 Å². The SMILES string of the molecule is CNC(c1ccccc1)C(C)Sc1nccc(=O)[nH]1. The number of hydrogen-bond acceptors (Lipinski definition) is 4. The molecule has 5 heteroatoms. The molecule has 100 valence electrons. The normalized spacial score (nSPS) is 14.0. The molecule has 2 aromatic rings. The van der Waals surface area contributed by atoms with Crippen LogP contribution in [0.2, 0.25) is 0 Å². The van der Waals surface area contributed by atoms with Crippen molar-refractivity contribution in [3.63, 3.8) is 0 Å². The van der Waals surface area contributed by atoms with E-state index in [4.69, 9.17) is 0 Å². The van der Waals surface area contributed by atoms with Crippen molar-refractivity contribution in [3.8, 4) is 0 Å². The standard InChI is InChI=1S/C14H17N3OS/c1-10(19-14-16-9-8-12(18)17-14)13(15-2)11-6-4-3-5-7-11/h3-10,13,15H,1-2H3,(H,16,17,18). The number of H-pyrrole nitrogens is 1.